The first kappa shape index (κ1) is 13.9. The zero-order chi connectivity index (χ0) is 12.1. The molecule has 0 spiro atoms. The second-order valence-corrected chi connectivity index (χ2v) is 5.52. The second-order valence-electron chi connectivity index (χ2n) is 5.52. The average Bonchev–Trinajstić information content (AvgIpc) is 2.28. The molecular formula is C13H29N3. The van der Waals surface area contributed by atoms with Gasteiger partial charge in [-0.2, -0.15) is 0 Å². The Morgan fingerprint density at radius 2 is 1.94 bits per heavy atom. The maximum absolute atomic E-state index is 6.21. The van der Waals surface area contributed by atoms with Crippen LogP contribution < -0.4 is 5.73 Å². The highest BCUT2D eigenvalue weighted by molar-refractivity contribution is 4.80. The molecule has 1 rings (SSSR count). The topological polar surface area (TPSA) is 32.5 Å². The highest BCUT2D eigenvalue weighted by atomic mass is 15.2. The zero-order valence-electron chi connectivity index (χ0n) is 11.4. The summed E-state index contributed by atoms with van der Waals surface area (Å²) < 4.78 is 0. The van der Waals surface area contributed by atoms with E-state index in [9.17, 15) is 0 Å². The minimum atomic E-state index is 0.328. The van der Waals surface area contributed by atoms with Crippen molar-refractivity contribution < 1.29 is 0 Å². The van der Waals surface area contributed by atoms with Crippen LogP contribution in [0.5, 0.6) is 0 Å². The number of likely N-dealkylation sites (N-methyl/N-ethyl adjacent to an activating group) is 1. The molecule has 0 aromatic heterocycles. The van der Waals surface area contributed by atoms with Gasteiger partial charge in [0.15, 0.2) is 0 Å². The quantitative estimate of drug-likeness (QED) is 0.770. The van der Waals surface area contributed by atoms with E-state index < -0.39 is 0 Å². The second kappa shape index (κ2) is 6.58. The summed E-state index contributed by atoms with van der Waals surface area (Å²) in [5.74, 6) is 0.633. The Labute approximate surface area is 101 Å². The van der Waals surface area contributed by atoms with E-state index in [1.165, 1.54) is 32.4 Å². The molecule has 2 unspecified atom stereocenters. The number of nitrogens with zero attached hydrogens (tertiary/aromatic N) is 2. The van der Waals surface area contributed by atoms with E-state index in [1.807, 2.05) is 0 Å². The molecule has 0 amide bonds. The molecule has 16 heavy (non-hydrogen) atoms. The van der Waals surface area contributed by atoms with Gasteiger partial charge in [0, 0.05) is 18.6 Å². The van der Waals surface area contributed by atoms with Gasteiger partial charge in [0.2, 0.25) is 0 Å². The third-order valence-corrected chi connectivity index (χ3v) is 4.19. The lowest BCUT2D eigenvalue weighted by Crippen LogP contribution is -2.47. The minimum absolute atomic E-state index is 0.328. The standard InChI is InChI=1S/C13H29N3/c1-5-11(2)13(14)10-16(4)12-6-8-15(3)9-7-12/h11-13H,5-10,14H2,1-4H3. The molecule has 3 nitrogen and oxygen atoms in total. The van der Waals surface area contributed by atoms with Crippen molar-refractivity contribution in [3.05, 3.63) is 0 Å². The Morgan fingerprint density at radius 1 is 1.38 bits per heavy atom. The van der Waals surface area contributed by atoms with E-state index in [0.29, 0.717) is 12.0 Å². The Morgan fingerprint density at radius 3 is 2.44 bits per heavy atom. The summed E-state index contributed by atoms with van der Waals surface area (Å²) in [4.78, 5) is 4.89. The normalized spacial score (nSPS) is 23.6. The molecule has 1 fully saturated rings. The van der Waals surface area contributed by atoms with Crippen LogP contribution in [0.1, 0.15) is 33.1 Å². The van der Waals surface area contributed by atoms with Crippen LogP contribution in [-0.2, 0) is 0 Å². The maximum atomic E-state index is 6.21. The predicted octanol–water partition coefficient (Wildman–Crippen LogP) is 1.39. The molecule has 3 heteroatoms. The SMILES string of the molecule is CCC(C)C(N)CN(C)C1CCN(C)CC1. The molecule has 0 bridgehead atoms. The van der Waals surface area contributed by atoms with Crippen LogP contribution in [-0.4, -0.2) is 55.6 Å². The Hall–Kier alpha value is -0.120. The third kappa shape index (κ3) is 4.04. The molecule has 1 heterocycles. The lowest BCUT2D eigenvalue weighted by Gasteiger charge is -2.37. The van der Waals surface area contributed by atoms with Crippen molar-refractivity contribution in [2.24, 2.45) is 11.7 Å². The highest BCUT2D eigenvalue weighted by Crippen LogP contribution is 2.15. The number of hydrogen-bond donors (Lipinski definition) is 1. The fourth-order valence-corrected chi connectivity index (χ4v) is 2.40. The van der Waals surface area contributed by atoms with Gasteiger partial charge in [0.25, 0.3) is 0 Å². The fourth-order valence-electron chi connectivity index (χ4n) is 2.40. The average molecular weight is 227 g/mol. The van der Waals surface area contributed by atoms with Crippen molar-refractivity contribution in [1.82, 2.24) is 9.80 Å². The van der Waals surface area contributed by atoms with Crippen LogP contribution in [0.4, 0.5) is 0 Å². The Kier molecular flexibility index (Phi) is 5.73. The van der Waals surface area contributed by atoms with Crippen LogP contribution in [0.2, 0.25) is 0 Å². The smallest absolute Gasteiger partial charge is 0.0193 e. The van der Waals surface area contributed by atoms with E-state index in [1.54, 1.807) is 0 Å². The van der Waals surface area contributed by atoms with Gasteiger partial charge in [0.1, 0.15) is 0 Å². The van der Waals surface area contributed by atoms with Gasteiger partial charge in [0.05, 0.1) is 0 Å². The lowest BCUT2D eigenvalue weighted by molar-refractivity contribution is 0.132. The number of rotatable bonds is 5. The van der Waals surface area contributed by atoms with E-state index >= 15 is 0 Å². The molecule has 1 aliphatic rings. The maximum Gasteiger partial charge on any atom is 0.0193 e. The molecule has 0 aromatic rings. The molecular weight excluding hydrogens is 198 g/mol. The molecule has 0 radical (unpaired) electrons. The number of nitrogens with two attached hydrogens (primary N) is 1. The molecule has 96 valence electrons. The van der Waals surface area contributed by atoms with Gasteiger partial charge >= 0.3 is 0 Å². The first-order chi connectivity index (χ1) is 7.54. The van der Waals surface area contributed by atoms with Crippen molar-refractivity contribution in [1.29, 1.82) is 0 Å². The minimum Gasteiger partial charge on any atom is -0.326 e. The van der Waals surface area contributed by atoms with Crippen molar-refractivity contribution in [2.75, 3.05) is 33.7 Å². The zero-order valence-corrected chi connectivity index (χ0v) is 11.4. The van der Waals surface area contributed by atoms with Gasteiger partial charge in [-0.05, 0) is 45.9 Å². The molecule has 2 atom stereocenters. The summed E-state index contributed by atoms with van der Waals surface area (Å²) in [6.45, 7) is 7.98. The monoisotopic (exact) mass is 227 g/mol. The summed E-state index contributed by atoms with van der Waals surface area (Å²) in [5, 5.41) is 0. The highest BCUT2D eigenvalue weighted by Gasteiger charge is 2.22. The molecule has 0 aliphatic carbocycles. The van der Waals surface area contributed by atoms with Gasteiger partial charge in [-0.1, -0.05) is 20.3 Å². The molecule has 1 aliphatic heterocycles. The number of piperidine rings is 1. The summed E-state index contributed by atoms with van der Waals surface area (Å²) in [5.41, 5.74) is 6.21. The van der Waals surface area contributed by atoms with Crippen LogP contribution >= 0.6 is 0 Å². The molecule has 0 saturated carbocycles. The van der Waals surface area contributed by atoms with E-state index in [4.69, 9.17) is 5.73 Å². The van der Waals surface area contributed by atoms with Gasteiger partial charge in [-0.3, -0.25) is 0 Å². The molecule has 0 aromatic carbocycles. The van der Waals surface area contributed by atoms with Crippen molar-refractivity contribution in [3.63, 3.8) is 0 Å². The van der Waals surface area contributed by atoms with Gasteiger partial charge in [-0.15, -0.1) is 0 Å². The Balaban J connectivity index is 2.31. The van der Waals surface area contributed by atoms with Crippen LogP contribution in [0.3, 0.4) is 0 Å². The largest absolute Gasteiger partial charge is 0.326 e. The summed E-state index contributed by atoms with van der Waals surface area (Å²) in [6.07, 6.45) is 3.77. The lowest BCUT2D eigenvalue weighted by atomic mass is 9.97. The first-order valence-corrected chi connectivity index (χ1v) is 6.69. The first-order valence-electron chi connectivity index (χ1n) is 6.69. The van der Waals surface area contributed by atoms with Crippen LogP contribution in [0, 0.1) is 5.92 Å². The van der Waals surface area contributed by atoms with E-state index in [2.05, 4.69) is 37.7 Å². The van der Waals surface area contributed by atoms with Crippen molar-refractivity contribution in [2.45, 2.75) is 45.2 Å². The van der Waals surface area contributed by atoms with Crippen LogP contribution in [0.25, 0.3) is 0 Å². The third-order valence-electron chi connectivity index (χ3n) is 4.19. The summed E-state index contributed by atoms with van der Waals surface area (Å²) in [6, 6.07) is 1.07. The van der Waals surface area contributed by atoms with E-state index in [0.717, 1.165) is 12.6 Å². The predicted molar refractivity (Wildman–Crippen MR) is 70.6 cm³/mol. The van der Waals surface area contributed by atoms with Gasteiger partial charge < -0.3 is 15.5 Å². The van der Waals surface area contributed by atoms with Gasteiger partial charge in [-0.25, -0.2) is 0 Å². The fraction of sp³-hybridized carbons (Fsp3) is 1.00. The van der Waals surface area contributed by atoms with Crippen LogP contribution in [0.15, 0.2) is 0 Å². The van der Waals surface area contributed by atoms with E-state index in [-0.39, 0.29) is 0 Å². The molecule has 1 saturated heterocycles. The van der Waals surface area contributed by atoms with Crippen molar-refractivity contribution in [3.8, 4) is 0 Å². The molecule has 2 N–H and O–H groups in total. The Bertz CT molecular complexity index is 188. The van der Waals surface area contributed by atoms with Crippen molar-refractivity contribution >= 4 is 0 Å². The summed E-state index contributed by atoms with van der Waals surface area (Å²) in [7, 11) is 4.44. The number of hydrogen-bond acceptors (Lipinski definition) is 3. The summed E-state index contributed by atoms with van der Waals surface area (Å²) >= 11 is 0. The number of likely N-dealkylation sites (tertiary alicyclic amines) is 1.